The summed E-state index contributed by atoms with van der Waals surface area (Å²) in [5.74, 6) is 0.738. The standard InChI is InChI=1S/C14H22FNO2S2/c1-3-16-12(7-6-10-20(2,17)18)11-19-14-9-5-4-8-13(14)15/h4-5,8-9,12,16H,3,6-7,10-11H2,1-2H3. The summed E-state index contributed by atoms with van der Waals surface area (Å²) in [6, 6.07) is 6.91. The fourth-order valence-corrected chi connectivity index (χ4v) is 3.61. The number of rotatable bonds is 9. The van der Waals surface area contributed by atoms with Crippen molar-refractivity contribution in [2.24, 2.45) is 0 Å². The summed E-state index contributed by atoms with van der Waals surface area (Å²) in [7, 11) is -2.90. The molecule has 1 rings (SSSR count). The van der Waals surface area contributed by atoms with Crippen LogP contribution in [0.3, 0.4) is 0 Å². The Morgan fingerprint density at radius 3 is 2.65 bits per heavy atom. The quantitative estimate of drug-likeness (QED) is 0.711. The van der Waals surface area contributed by atoms with Crippen LogP contribution < -0.4 is 5.32 Å². The molecule has 0 heterocycles. The molecular weight excluding hydrogens is 297 g/mol. The summed E-state index contributed by atoms with van der Waals surface area (Å²) >= 11 is 1.47. The van der Waals surface area contributed by atoms with E-state index in [0.717, 1.165) is 18.7 Å². The van der Waals surface area contributed by atoms with Gasteiger partial charge in [0, 0.05) is 28.7 Å². The zero-order valence-corrected chi connectivity index (χ0v) is 13.6. The first kappa shape index (κ1) is 17.5. The van der Waals surface area contributed by atoms with Crippen LogP contribution in [-0.2, 0) is 9.84 Å². The van der Waals surface area contributed by atoms with Crippen molar-refractivity contribution in [1.29, 1.82) is 0 Å². The molecule has 0 spiro atoms. The van der Waals surface area contributed by atoms with Crippen molar-refractivity contribution in [3.63, 3.8) is 0 Å². The molecule has 3 nitrogen and oxygen atoms in total. The molecule has 0 saturated heterocycles. The van der Waals surface area contributed by atoms with Crippen molar-refractivity contribution >= 4 is 21.6 Å². The highest BCUT2D eigenvalue weighted by molar-refractivity contribution is 7.99. The molecule has 1 N–H and O–H groups in total. The van der Waals surface area contributed by atoms with Crippen LogP contribution >= 0.6 is 11.8 Å². The molecule has 1 aromatic carbocycles. The van der Waals surface area contributed by atoms with Crippen molar-refractivity contribution in [2.45, 2.75) is 30.7 Å². The van der Waals surface area contributed by atoms with Crippen molar-refractivity contribution < 1.29 is 12.8 Å². The van der Waals surface area contributed by atoms with Crippen LogP contribution in [0, 0.1) is 5.82 Å². The SMILES string of the molecule is CCNC(CCCS(C)(=O)=O)CSc1ccccc1F. The second-order valence-corrected chi connectivity index (χ2v) is 8.09. The van der Waals surface area contributed by atoms with Gasteiger partial charge in [0.25, 0.3) is 0 Å². The van der Waals surface area contributed by atoms with Gasteiger partial charge in [-0.25, -0.2) is 12.8 Å². The highest BCUT2D eigenvalue weighted by atomic mass is 32.2. The number of hydrogen-bond donors (Lipinski definition) is 1. The molecule has 1 aromatic rings. The van der Waals surface area contributed by atoms with Crippen molar-refractivity contribution in [2.75, 3.05) is 24.3 Å². The average molecular weight is 319 g/mol. The van der Waals surface area contributed by atoms with E-state index in [1.54, 1.807) is 12.1 Å². The molecule has 0 fully saturated rings. The van der Waals surface area contributed by atoms with E-state index in [-0.39, 0.29) is 17.6 Å². The van der Waals surface area contributed by atoms with Crippen molar-refractivity contribution in [3.8, 4) is 0 Å². The van der Waals surface area contributed by atoms with Gasteiger partial charge in [-0.1, -0.05) is 19.1 Å². The first-order chi connectivity index (χ1) is 9.42. The van der Waals surface area contributed by atoms with Crippen molar-refractivity contribution in [1.82, 2.24) is 5.32 Å². The van der Waals surface area contributed by atoms with Crippen LogP contribution in [-0.4, -0.2) is 38.8 Å². The molecule has 1 atom stereocenters. The monoisotopic (exact) mass is 319 g/mol. The Bertz CT molecular complexity index is 506. The Labute approximate surface area is 125 Å². The van der Waals surface area contributed by atoms with E-state index in [1.807, 2.05) is 13.0 Å². The van der Waals surface area contributed by atoms with E-state index in [9.17, 15) is 12.8 Å². The van der Waals surface area contributed by atoms with Gasteiger partial charge >= 0.3 is 0 Å². The molecule has 0 radical (unpaired) electrons. The zero-order valence-electron chi connectivity index (χ0n) is 11.9. The van der Waals surface area contributed by atoms with Crippen LogP contribution in [0.2, 0.25) is 0 Å². The predicted octanol–water partition coefficient (Wildman–Crippen LogP) is 2.72. The molecule has 0 amide bonds. The summed E-state index contributed by atoms with van der Waals surface area (Å²) in [5.41, 5.74) is 0. The van der Waals surface area contributed by atoms with Crippen LogP contribution in [0.4, 0.5) is 4.39 Å². The second-order valence-electron chi connectivity index (χ2n) is 4.77. The third-order valence-corrected chi connectivity index (χ3v) is 5.08. The topological polar surface area (TPSA) is 46.2 Å². The largest absolute Gasteiger partial charge is 0.313 e. The van der Waals surface area contributed by atoms with Crippen LogP contribution in [0.1, 0.15) is 19.8 Å². The molecule has 114 valence electrons. The lowest BCUT2D eigenvalue weighted by Crippen LogP contribution is -2.31. The molecule has 0 aliphatic heterocycles. The molecule has 0 aliphatic rings. The molecule has 20 heavy (non-hydrogen) atoms. The van der Waals surface area contributed by atoms with Gasteiger partial charge in [-0.15, -0.1) is 11.8 Å². The minimum absolute atomic E-state index is 0.200. The highest BCUT2D eigenvalue weighted by Gasteiger charge is 2.11. The molecule has 0 aliphatic carbocycles. The van der Waals surface area contributed by atoms with Gasteiger partial charge in [0.15, 0.2) is 0 Å². The first-order valence-corrected chi connectivity index (χ1v) is 9.75. The van der Waals surface area contributed by atoms with Crippen molar-refractivity contribution in [3.05, 3.63) is 30.1 Å². The first-order valence-electron chi connectivity index (χ1n) is 6.71. The zero-order chi connectivity index (χ0) is 15.0. The van der Waals surface area contributed by atoms with Gasteiger partial charge in [0.1, 0.15) is 15.7 Å². The number of hydrogen-bond acceptors (Lipinski definition) is 4. The summed E-state index contributed by atoms with van der Waals surface area (Å²) in [4.78, 5) is 0.638. The molecule has 1 unspecified atom stereocenters. The van der Waals surface area contributed by atoms with E-state index in [2.05, 4.69) is 5.32 Å². The number of benzene rings is 1. The van der Waals surface area contributed by atoms with Gasteiger partial charge in [-0.3, -0.25) is 0 Å². The number of thioether (sulfide) groups is 1. The van der Waals surface area contributed by atoms with E-state index in [1.165, 1.54) is 24.1 Å². The predicted molar refractivity (Wildman–Crippen MR) is 83.5 cm³/mol. The number of sulfone groups is 1. The Morgan fingerprint density at radius 2 is 2.05 bits per heavy atom. The molecule has 0 aromatic heterocycles. The lowest BCUT2D eigenvalue weighted by atomic mass is 10.2. The molecular formula is C14H22FNO2S2. The number of halogens is 1. The Hall–Kier alpha value is -0.590. The van der Waals surface area contributed by atoms with Gasteiger partial charge in [0.2, 0.25) is 0 Å². The van der Waals surface area contributed by atoms with Crippen LogP contribution in [0.5, 0.6) is 0 Å². The normalized spacial score (nSPS) is 13.3. The van der Waals surface area contributed by atoms with E-state index < -0.39 is 9.84 Å². The van der Waals surface area contributed by atoms with Gasteiger partial charge in [-0.2, -0.15) is 0 Å². The summed E-state index contributed by atoms with van der Waals surface area (Å²) in [6.45, 7) is 2.83. The van der Waals surface area contributed by atoms with E-state index in [4.69, 9.17) is 0 Å². The lowest BCUT2D eigenvalue weighted by Gasteiger charge is -2.17. The number of nitrogens with one attached hydrogen (secondary N) is 1. The van der Waals surface area contributed by atoms with Crippen LogP contribution in [0.15, 0.2) is 29.2 Å². The Balaban J connectivity index is 2.44. The summed E-state index contributed by atoms with van der Waals surface area (Å²) < 4.78 is 35.8. The third kappa shape index (κ3) is 7.26. The smallest absolute Gasteiger partial charge is 0.147 e. The Morgan fingerprint density at radius 1 is 1.35 bits per heavy atom. The minimum atomic E-state index is -2.90. The highest BCUT2D eigenvalue weighted by Crippen LogP contribution is 2.22. The fourth-order valence-electron chi connectivity index (χ4n) is 1.88. The maximum Gasteiger partial charge on any atom is 0.147 e. The summed E-state index contributed by atoms with van der Waals surface area (Å²) in [6.07, 6.45) is 2.67. The maximum absolute atomic E-state index is 13.5. The molecule has 0 bridgehead atoms. The van der Waals surface area contributed by atoms with E-state index in [0.29, 0.717) is 11.3 Å². The van der Waals surface area contributed by atoms with Gasteiger partial charge in [-0.05, 0) is 31.5 Å². The van der Waals surface area contributed by atoms with Crippen LogP contribution in [0.25, 0.3) is 0 Å². The second kappa shape index (κ2) is 8.64. The average Bonchev–Trinajstić information content (AvgIpc) is 2.36. The minimum Gasteiger partial charge on any atom is -0.313 e. The van der Waals surface area contributed by atoms with Gasteiger partial charge in [0.05, 0.1) is 0 Å². The van der Waals surface area contributed by atoms with Gasteiger partial charge < -0.3 is 5.32 Å². The molecule has 0 saturated carbocycles. The molecule has 6 heteroatoms. The van der Waals surface area contributed by atoms with E-state index >= 15 is 0 Å². The Kier molecular flexibility index (Phi) is 7.55. The maximum atomic E-state index is 13.5. The summed E-state index contributed by atoms with van der Waals surface area (Å²) in [5, 5.41) is 3.32. The third-order valence-electron chi connectivity index (χ3n) is 2.84. The fraction of sp³-hybridized carbons (Fsp3) is 0.571. The lowest BCUT2D eigenvalue weighted by molar-refractivity contribution is 0.527.